The molecule has 228 valence electrons. The van der Waals surface area contributed by atoms with Gasteiger partial charge in [-0.25, -0.2) is 0 Å². The number of amides is 2. The number of carbonyl (C=O) groups excluding carboxylic acids is 2. The third-order valence-corrected chi connectivity index (χ3v) is 9.23. The van der Waals surface area contributed by atoms with Crippen LogP contribution in [0.4, 0.5) is 0 Å². The predicted octanol–water partition coefficient (Wildman–Crippen LogP) is 3.28. The molecule has 0 radical (unpaired) electrons. The first-order valence-corrected chi connectivity index (χ1v) is 15.0. The summed E-state index contributed by atoms with van der Waals surface area (Å²) >= 11 is 0. The Kier molecular flexibility index (Phi) is 8.52. The lowest BCUT2D eigenvalue weighted by Crippen LogP contribution is -2.54. The SMILES string of the molecule is CCN1C(=O)[C@H]2[C@H]3[C@H](O)[C@H](O)CC(=NOC[C@H]4O[C@H](c5ccccc5)C=C[C@@H]4Oc4ccc(OC)cc4)[C@@H]3CC[C@H]2C1=O. The van der Waals surface area contributed by atoms with Crippen LogP contribution < -0.4 is 9.47 Å². The molecule has 6 rings (SSSR count). The fourth-order valence-corrected chi connectivity index (χ4v) is 7.08. The second-order valence-electron chi connectivity index (χ2n) is 11.6. The van der Waals surface area contributed by atoms with Gasteiger partial charge in [-0.1, -0.05) is 41.6 Å². The van der Waals surface area contributed by atoms with Crippen LogP contribution in [-0.4, -0.2) is 77.3 Å². The summed E-state index contributed by atoms with van der Waals surface area (Å²) in [5, 5.41) is 26.2. The van der Waals surface area contributed by atoms with Crippen molar-refractivity contribution in [2.45, 2.75) is 56.7 Å². The van der Waals surface area contributed by atoms with E-state index in [1.165, 1.54) is 4.90 Å². The zero-order valence-corrected chi connectivity index (χ0v) is 24.3. The first kappa shape index (κ1) is 29.3. The molecule has 1 saturated heterocycles. The van der Waals surface area contributed by atoms with Crippen molar-refractivity contribution in [2.75, 3.05) is 20.3 Å². The summed E-state index contributed by atoms with van der Waals surface area (Å²) in [6.07, 6.45) is 1.67. The van der Waals surface area contributed by atoms with E-state index in [4.69, 9.17) is 19.0 Å². The van der Waals surface area contributed by atoms with Crippen molar-refractivity contribution in [3.05, 3.63) is 72.3 Å². The Labute approximate surface area is 250 Å². The summed E-state index contributed by atoms with van der Waals surface area (Å²) in [5.74, 6) is -1.09. The number of nitrogens with zero attached hydrogens (tertiary/aromatic N) is 2. The van der Waals surface area contributed by atoms with Crippen molar-refractivity contribution >= 4 is 17.5 Å². The Hall–Kier alpha value is -3.73. The summed E-state index contributed by atoms with van der Waals surface area (Å²) < 4.78 is 17.9. The van der Waals surface area contributed by atoms with Gasteiger partial charge in [-0.2, -0.15) is 0 Å². The summed E-state index contributed by atoms with van der Waals surface area (Å²) in [4.78, 5) is 33.2. The van der Waals surface area contributed by atoms with Gasteiger partial charge >= 0.3 is 0 Å². The van der Waals surface area contributed by atoms with Gasteiger partial charge in [0.2, 0.25) is 11.8 Å². The highest BCUT2D eigenvalue weighted by Crippen LogP contribution is 2.49. The molecule has 43 heavy (non-hydrogen) atoms. The molecule has 2 aliphatic heterocycles. The minimum Gasteiger partial charge on any atom is -0.497 e. The molecule has 9 atom stereocenters. The van der Waals surface area contributed by atoms with Gasteiger partial charge in [0.05, 0.1) is 36.9 Å². The molecule has 2 N–H and O–H groups in total. The number of oxime groups is 1. The van der Waals surface area contributed by atoms with E-state index < -0.39 is 42.2 Å². The van der Waals surface area contributed by atoms with Crippen LogP contribution in [-0.2, 0) is 19.2 Å². The first-order chi connectivity index (χ1) is 20.9. The van der Waals surface area contributed by atoms with Crippen LogP contribution in [0.2, 0.25) is 0 Å². The van der Waals surface area contributed by atoms with Crippen LogP contribution in [0.15, 0.2) is 71.9 Å². The largest absolute Gasteiger partial charge is 0.497 e. The number of rotatable bonds is 8. The molecule has 2 heterocycles. The minimum atomic E-state index is -1.12. The molecule has 2 aromatic carbocycles. The second-order valence-corrected chi connectivity index (χ2v) is 11.6. The van der Waals surface area contributed by atoms with Gasteiger partial charge in [-0.15, -0.1) is 0 Å². The third kappa shape index (κ3) is 5.67. The lowest BCUT2D eigenvalue weighted by molar-refractivity contribution is -0.141. The van der Waals surface area contributed by atoms with Crippen LogP contribution >= 0.6 is 0 Å². The topological polar surface area (TPSA) is 127 Å². The van der Waals surface area contributed by atoms with E-state index in [1.807, 2.05) is 66.7 Å². The molecule has 4 aliphatic rings. The highest BCUT2D eigenvalue weighted by molar-refractivity contribution is 6.06. The molecule has 0 bridgehead atoms. The van der Waals surface area contributed by atoms with E-state index in [9.17, 15) is 19.8 Å². The molecule has 10 heteroatoms. The lowest BCUT2D eigenvalue weighted by Gasteiger charge is -2.45. The fourth-order valence-electron chi connectivity index (χ4n) is 7.08. The molecular weight excluding hydrogens is 552 g/mol. The van der Waals surface area contributed by atoms with Crippen LogP contribution in [0.25, 0.3) is 0 Å². The second kappa shape index (κ2) is 12.5. The average Bonchev–Trinajstić information content (AvgIpc) is 3.29. The summed E-state index contributed by atoms with van der Waals surface area (Å²) in [6.45, 7) is 2.14. The molecule has 0 unspecified atom stereocenters. The molecule has 2 aromatic rings. The zero-order valence-electron chi connectivity index (χ0n) is 24.3. The van der Waals surface area contributed by atoms with Crippen molar-refractivity contribution in [2.24, 2.45) is 28.8 Å². The lowest BCUT2D eigenvalue weighted by atomic mass is 9.60. The van der Waals surface area contributed by atoms with Crippen LogP contribution in [0, 0.1) is 23.7 Å². The number of ether oxygens (including phenoxy) is 3. The molecule has 0 spiro atoms. The Morgan fingerprint density at radius 2 is 1.67 bits per heavy atom. The first-order valence-electron chi connectivity index (χ1n) is 15.0. The van der Waals surface area contributed by atoms with Crippen LogP contribution in [0.3, 0.4) is 0 Å². The standard InChI is InChI=1S/C33H38N2O8/c1-3-35-32(38)23-14-13-22-24(17-25(36)31(37)29(22)30(23)33(35)39)34-41-18-28-27(42-21-11-9-20(40-2)10-12-21)16-15-26(43-28)19-7-5-4-6-8-19/h4-12,15-16,22-23,25-31,36-37H,3,13-14,17-18H2,1-2H3/t22-,23+,25+,26-,27-,28+,29-,30+,31+/m0/s1. The molecule has 10 nitrogen and oxygen atoms in total. The zero-order chi connectivity index (χ0) is 30.1. The number of methoxy groups -OCH3 is 1. The average molecular weight is 591 g/mol. The molecule has 2 aliphatic carbocycles. The number of hydrogen-bond acceptors (Lipinski definition) is 9. The van der Waals surface area contributed by atoms with Crippen molar-refractivity contribution in [3.8, 4) is 11.5 Å². The maximum Gasteiger partial charge on any atom is 0.233 e. The number of benzene rings is 2. The van der Waals surface area contributed by atoms with Gasteiger partial charge in [0, 0.05) is 24.8 Å². The highest BCUT2D eigenvalue weighted by atomic mass is 16.6. The van der Waals surface area contributed by atoms with Gasteiger partial charge in [-0.3, -0.25) is 14.5 Å². The maximum atomic E-state index is 13.2. The smallest absolute Gasteiger partial charge is 0.233 e. The molecule has 3 fully saturated rings. The summed E-state index contributed by atoms with van der Waals surface area (Å²) in [6, 6.07) is 17.2. The van der Waals surface area contributed by atoms with Crippen LogP contribution in [0.5, 0.6) is 11.5 Å². The maximum absolute atomic E-state index is 13.2. The van der Waals surface area contributed by atoms with Crippen molar-refractivity contribution in [1.29, 1.82) is 0 Å². The van der Waals surface area contributed by atoms with Crippen LogP contribution in [0.1, 0.15) is 37.9 Å². The number of carbonyl (C=O) groups is 2. The number of imide groups is 1. The molecule has 0 aromatic heterocycles. The monoisotopic (exact) mass is 590 g/mol. The Bertz CT molecular complexity index is 1360. The molecular formula is C33H38N2O8. The summed E-state index contributed by atoms with van der Waals surface area (Å²) in [7, 11) is 1.61. The molecule has 2 saturated carbocycles. The number of aliphatic hydroxyl groups excluding tert-OH is 2. The fraction of sp³-hybridized carbons (Fsp3) is 0.485. The minimum absolute atomic E-state index is 0.0705. The Balaban J connectivity index is 1.20. The number of likely N-dealkylation sites (tertiary alicyclic amines) is 1. The highest BCUT2D eigenvalue weighted by Gasteiger charge is 2.59. The third-order valence-electron chi connectivity index (χ3n) is 9.23. The predicted molar refractivity (Wildman–Crippen MR) is 156 cm³/mol. The Morgan fingerprint density at radius 3 is 2.40 bits per heavy atom. The normalized spacial score (nSPS) is 34.6. The van der Waals surface area contributed by atoms with Gasteiger partial charge in [0.25, 0.3) is 0 Å². The number of aliphatic hydroxyl groups is 2. The number of fused-ring (bicyclic) bond motifs is 3. The van der Waals surface area contributed by atoms with E-state index in [-0.39, 0.29) is 36.9 Å². The molecule has 2 amide bonds. The van der Waals surface area contributed by atoms with Gasteiger partial charge in [-0.05, 0) is 55.7 Å². The van der Waals surface area contributed by atoms with Crippen molar-refractivity contribution in [3.63, 3.8) is 0 Å². The van der Waals surface area contributed by atoms with Gasteiger partial charge < -0.3 is 29.3 Å². The van der Waals surface area contributed by atoms with Gasteiger partial charge in [0.1, 0.15) is 36.4 Å². The van der Waals surface area contributed by atoms with E-state index in [2.05, 4.69) is 5.16 Å². The number of hydrogen-bond donors (Lipinski definition) is 2. The van der Waals surface area contributed by atoms with E-state index in [0.29, 0.717) is 30.8 Å². The van der Waals surface area contributed by atoms with E-state index in [1.54, 1.807) is 14.0 Å². The summed E-state index contributed by atoms with van der Waals surface area (Å²) in [5.41, 5.74) is 1.59. The van der Waals surface area contributed by atoms with E-state index >= 15 is 0 Å². The van der Waals surface area contributed by atoms with Crippen molar-refractivity contribution in [1.82, 2.24) is 4.90 Å². The van der Waals surface area contributed by atoms with Crippen molar-refractivity contribution < 1.29 is 38.9 Å². The quantitative estimate of drug-likeness (QED) is 0.273. The van der Waals surface area contributed by atoms with Gasteiger partial charge in [0.15, 0.2) is 0 Å². The van der Waals surface area contributed by atoms with E-state index in [0.717, 1.165) is 11.3 Å². The Morgan fingerprint density at radius 1 is 0.953 bits per heavy atom.